The van der Waals surface area contributed by atoms with Crippen LogP contribution < -0.4 is 0 Å². The van der Waals surface area contributed by atoms with Crippen LogP contribution in [-0.2, 0) is 5.33 Å². The van der Waals surface area contributed by atoms with Crippen molar-refractivity contribution in [2.45, 2.75) is 32.0 Å². The molecule has 2 rings (SSSR count). The Balaban J connectivity index is 2.36. The average Bonchev–Trinajstić information content (AvgIpc) is 2.39. The third kappa shape index (κ3) is 2.78. The summed E-state index contributed by atoms with van der Waals surface area (Å²) in [6.45, 7) is 6.42. The molecule has 0 bridgehead atoms. The smallest absolute Gasteiger partial charge is 0.159 e. The molecule has 0 saturated carbocycles. The van der Waals surface area contributed by atoms with Crippen molar-refractivity contribution in [1.82, 2.24) is 9.97 Å². The third-order valence-corrected chi connectivity index (χ3v) is 3.57. The van der Waals surface area contributed by atoms with E-state index in [2.05, 4.69) is 64.0 Å². The molecule has 0 aliphatic rings. The standard InChI is InChI=1S/C15H17BrN2/c1-10(2)12-4-6-13(7-5-12)15-17-9-11(3)14(8-16)18-15/h4-7,9-10H,8H2,1-3H3. The summed E-state index contributed by atoms with van der Waals surface area (Å²) in [5.74, 6) is 1.35. The van der Waals surface area contributed by atoms with Crippen LogP contribution in [0.4, 0.5) is 0 Å². The summed E-state index contributed by atoms with van der Waals surface area (Å²) in [5, 5.41) is 0.762. The maximum atomic E-state index is 4.58. The molecule has 0 aliphatic heterocycles. The predicted molar refractivity (Wildman–Crippen MR) is 78.9 cm³/mol. The van der Waals surface area contributed by atoms with Gasteiger partial charge in [0.1, 0.15) is 0 Å². The summed E-state index contributed by atoms with van der Waals surface area (Å²) < 4.78 is 0. The van der Waals surface area contributed by atoms with E-state index in [4.69, 9.17) is 0 Å². The maximum Gasteiger partial charge on any atom is 0.159 e. The van der Waals surface area contributed by atoms with Crippen molar-refractivity contribution in [3.63, 3.8) is 0 Å². The highest BCUT2D eigenvalue weighted by Crippen LogP contribution is 2.21. The van der Waals surface area contributed by atoms with Crippen LogP contribution in [0.25, 0.3) is 11.4 Å². The van der Waals surface area contributed by atoms with Gasteiger partial charge in [-0.15, -0.1) is 0 Å². The Labute approximate surface area is 117 Å². The second-order valence-corrected chi connectivity index (χ2v) is 5.29. The highest BCUT2D eigenvalue weighted by atomic mass is 79.9. The first-order valence-electron chi connectivity index (χ1n) is 6.10. The molecule has 0 fully saturated rings. The molecular weight excluding hydrogens is 288 g/mol. The summed E-state index contributed by atoms with van der Waals surface area (Å²) in [5.41, 5.74) is 4.58. The summed E-state index contributed by atoms with van der Waals surface area (Å²) in [6.07, 6.45) is 1.88. The van der Waals surface area contributed by atoms with Crippen molar-refractivity contribution in [3.05, 3.63) is 47.3 Å². The summed E-state index contributed by atoms with van der Waals surface area (Å²) in [4.78, 5) is 8.98. The van der Waals surface area contributed by atoms with E-state index in [9.17, 15) is 0 Å². The van der Waals surface area contributed by atoms with Crippen LogP contribution in [-0.4, -0.2) is 9.97 Å². The molecule has 2 nitrogen and oxygen atoms in total. The first-order chi connectivity index (χ1) is 8.61. The SMILES string of the molecule is Cc1cnc(-c2ccc(C(C)C)cc2)nc1CBr. The summed E-state index contributed by atoms with van der Waals surface area (Å²) in [7, 11) is 0. The second kappa shape index (κ2) is 5.61. The zero-order valence-corrected chi connectivity index (χ0v) is 12.5. The van der Waals surface area contributed by atoms with E-state index in [-0.39, 0.29) is 0 Å². The van der Waals surface area contributed by atoms with Gasteiger partial charge < -0.3 is 0 Å². The van der Waals surface area contributed by atoms with Gasteiger partial charge in [-0.3, -0.25) is 0 Å². The summed E-state index contributed by atoms with van der Waals surface area (Å²) >= 11 is 3.46. The number of aryl methyl sites for hydroxylation is 1. The lowest BCUT2D eigenvalue weighted by Gasteiger charge is -2.07. The molecule has 1 heterocycles. The quantitative estimate of drug-likeness (QED) is 0.782. The van der Waals surface area contributed by atoms with Crippen LogP contribution in [0.2, 0.25) is 0 Å². The van der Waals surface area contributed by atoms with E-state index < -0.39 is 0 Å². The minimum absolute atomic E-state index is 0.552. The van der Waals surface area contributed by atoms with Crippen LogP contribution in [0.3, 0.4) is 0 Å². The Morgan fingerprint density at radius 2 is 1.83 bits per heavy atom. The minimum atomic E-state index is 0.552. The molecule has 0 aliphatic carbocycles. The number of benzene rings is 1. The van der Waals surface area contributed by atoms with Gasteiger partial charge in [-0.1, -0.05) is 54.0 Å². The molecule has 94 valence electrons. The Hall–Kier alpha value is -1.22. The molecule has 0 radical (unpaired) electrons. The molecule has 0 N–H and O–H groups in total. The fraction of sp³-hybridized carbons (Fsp3) is 0.333. The van der Waals surface area contributed by atoms with Gasteiger partial charge in [0, 0.05) is 17.1 Å². The lowest BCUT2D eigenvalue weighted by molar-refractivity contribution is 0.867. The molecule has 1 aromatic carbocycles. The van der Waals surface area contributed by atoms with Crippen LogP contribution in [0.5, 0.6) is 0 Å². The number of alkyl halides is 1. The highest BCUT2D eigenvalue weighted by molar-refractivity contribution is 9.08. The van der Waals surface area contributed by atoms with Crippen molar-refractivity contribution < 1.29 is 0 Å². The first kappa shape index (κ1) is 13.2. The van der Waals surface area contributed by atoms with Crippen molar-refractivity contribution in [1.29, 1.82) is 0 Å². The maximum absolute atomic E-state index is 4.58. The van der Waals surface area contributed by atoms with E-state index in [1.807, 2.05) is 13.1 Å². The van der Waals surface area contributed by atoms with E-state index >= 15 is 0 Å². The van der Waals surface area contributed by atoms with Crippen LogP contribution in [0.1, 0.15) is 36.6 Å². The molecule has 0 saturated heterocycles. The van der Waals surface area contributed by atoms with E-state index in [0.29, 0.717) is 5.92 Å². The lowest BCUT2D eigenvalue weighted by Crippen LogP contribution is -1.97. The summed E-state index contributed by atoms with van der Waals surface area (Å²) in [6, 6.07) is 8.49. The predicted octanol–water partition coefficient (Wildman–Crippen LogP) is 4.47. The minimum Gasteiger partial charge on any atom is -0.236 e. The van der Waals surface area contributed by atoms with Gasteiger partial charge in [0.15, 0.2) is 5.82 Å². The number of hydrogen-bond donors (Lipinski definition) is 0. The Kier molecular flexibility index (Phi) is 4.12. The molecule has 3 heteroatoms. The number of rotatable bonds is 3. The fourth-order valence-corrected chi connectivity index (χ4v) is 2.34. The van der Waals surface area contributed by atoms with Gasteiger partial charge in [0.25, 0.3) is 0 Å². The van der Waals surface area contributed by atoms with Crippen LogP contribution in [0, 0.1) is 6.92 Å². The Bertz CT molecular complexity index is 533. The van der Waals surface area contributed by atoms with Crippen molar-refractivity contribution >= 4 is 15.9 Å². The largest absolute Gasteiger partial charge is 0.236 e. The van der Waals surface area contributed by atoms with Crippen LogP contribution in [0.15, 0.2) is 30.5 Å². The zero-order valence-electron chi connectivity index (χ0n) is 10.9. The topological polar surface area (TPSA) is 25.8 Å². The molecular formula is C15H17BrN2. The van der Waals surface area contributed by atoms with E-state index in [1.165, 1.54) is 5.56 Å². The molecule has 0 atom stereocenters. The van der Waals surface area contributed by atoms with Gasteiger partial charge in [0.2, 0.25) is 0 Å². The van der Waals surface area contributed by atoms with Gasteiger partial charge >= 0.3 is 0 Å². The van der Waals surface area contributed by atoms with E-state index in [1.54, 1.807) is 0 Å². The molecule has 0 spiro atoms. The Morgan fingerprint density at radius 3 is 2.39 bits per heavy atom. The number of nitrogens with zero attached hydrogens (tertiary/aromatic N) is 2. The van der Waals surface area contributed by atoms with Crippen molar-refractivity contribution in [2.75, 3.05) is 0 Å². The van der Waals surface area contributed by atoms with Crippen LogP contribution >= 0.6 is 15.9 Å². The zero-order chi connectivity index (χ0) is 13.1. The normalized spacial score (nSPS) is 10.9. The second-order valence-electron chi connectivity index (χ2n) is 4.73. The molecule has 2 aromatic rings. The Morgan fingerprint density at radius 1 is 1.17 bits per heavy atom. The highest BCUT2D eigenvalue weighted by Gasteiger charge is 2.06. The van der Waals surface area contributed by atoms with E-state index in [0.717, 1.165) is 28.0 Å². The molecule has 18 heavy (non-hydrogen) atoms. The van der Waals surface area contributed by atoms with Gasteiger partial charge in [0.05, 0.1) is 5.69 Å². The average molecular weight is 305 g/mol. The molecule has 1 aromatic heterocycles. The molecule has 0 unspecified atom stereocenters. The number of hydrogen-bond acceptors (Lipinski definition) is 2. The molecule has 0 amide bonds. The van der Waals surface area contributed by atoms with Crippen molar-refractivity contribution in [2.24, 2.45) is 0 Å². The van der Waals surface area contributed by atoms with Crippen molar-refractivity contribution in [3.8, 4) is 11.4 Å². The lowest BCUT2D eigenvalue weighted by atomic mass is 10.0. The van der Waals surface area contributed by atoms with Gasteiger partial charge in [-0.2, -0.15) is 0 Å². The number of aromatic nitrogens is 2. The first-order valence-corrected chi connectivity index (χ1v) is 7.22. The van der Waals surface area contributed by atoms with Gasteiger partial charge in [-0.25, -0.2) is 9.97 Å². The van der Waals surface area contributed by atoms with Gasteiger partial charge in [-0.05, 0) is 24.0 Å². The third-order valence-electron chi connectivity index (χ3n) is 3.04. The number of halogens is 1. The fourth-order valence-electron chi connectivity index (χ4n) is 1.77. The monoisotopic (exact) mass is 304 g/mol.